The lowest BCUT2D eigenvalue weighted by molar-refractivity contribution is -0.143. The number of hydrogen-bond acceptors (Lipinski definition) is 2. The molecule has 0 saturated carbocycles. The molecular weight excluding hydrogens is 464 g/mol. The van der Waals surface area contributed by atoms with E-state index in [-0.39, 0.29) is 5.97 Å². The predicted octanol–water partition coefficient (Wildman–Crippen LogP) is 12.4. The molecule has 38 heavy (non-hydrogen) atoms. The van der Waals surface area contributed by atoms with Crippen molar-refractivity contribution in [3.05, 3.63) is 36.5 Å². The van der Waals surface area contributed by atoms with E-state index in [1.165, 1.54) is 135 Å². The van der Waals surface area contributed by atoms with Crippen molar-refractivity contribution in [2.45, 2.75) is 181 Å². The molecule has 0 aromatic heterocycles. The molecule has 0 radical (unpaired) electrons. The first-order valence-electron chi connectivity index (χ1n) is 16.9. The van der Waals surface area contributed by atoms with Gasteiger partial charge in [0.05, 0.1) is 6.61 Å². The second-order valence-electron chi connectivity index (χ2n) is 11.1. The van der Waals surface area contributed by atoms with E-state index in [4.69, 9.17) is 4.74 Å². The Balaban J connectivity index is 3.26. The maximum Gasteiger partial charge on any atom is 0.305 e. The van der Waals surface area contributed by atoms with Crippen molar-refractivity contribution in [2.24, 2.45) is 0 Å². The van der Waals surface area contributed by atoms with Gasteiger partial charge in [-0.15, -0.1) is 0 Å². The first-order chi connectivity index (χ1) is 18.8. The fraction of sp³-hybridized carbons (Fsp3) is 0.806. The summed E-state index contributed by atoms with van der Waals surface area (Å²) in [4.78, 5) is 11.9. The van der Waals surface area contributed by atoms with Crippen LogP contribution in [0.4, 0.5) is 0 Å². The molecule has 222 valence electrons. The highest BCUT2D eigenvalue weighted by molar-refractivity contribution is 5.69. The van der Waals surface area contributed by atoms with Crippen LogP contribution < -0.4 is 0 Å². The highest BCUT2D eigenvalue weighted by Gasteiger charge is 2.02. The van der Waals surface area contributed by atoms with Gasteiger partial charge in [-0.2, -0.15) is 0 Å². The Morgan fingerprint density at radius 2 is 0.816 bits per heavy atom. The number of carbonyl (C=O) groups is 1. The number of carbonyl (C=O) groups excluding carboxylic acids is 1. The summed E-state index contributed by atoms with van der Waals surface area (Å²) in [5.74, 6) is 0.00317. The third-order valence-electron chi connectivity index (χ3n) is 7.25. The smallest absolute Gasteiger partial charge is 0.305 e. The molecule has 2 heteroatoms. The van der Waals surface area contributed by atoms with Gasteiger partial charge in [0.25, 0.3) is 0 Å². The fourth-order valence-electron chi connectivity index (χ4n) is 4.69. The van der Waals surface area contributed by atoms with Crippen LogP contribution in [0.15, 0.2) is 36.5 Å². The quantitative estimate of drug-likeness (QED) is 0.0524. The van der Waals surface area contributed by atoms with Crippen LogP contribution in [-0.2, 0) is 9.53 Å². The first-order valence-corrected chi connectivity index (χ1v) is 16.9. The summed E-state index contributed by atoms with van der Waals surface area (Å²) in [6.45, 7) is 5.14. The van der Waals surface area contributed by atoms with Gasteiger partial charge in [0.1, 0.15) is 0 Å². The predicted molar refractivity (Wildman–Crippen MR) is 170 cm³/mol. The average molecular weight is 531 g/mol. The molecule has 0 N–H and O–H groups in total. The second-order valence-corrected chi connectivity index (χ2v) is 11.1. The molecule has 0 spiro atoms. The van der Waals surface area contributed by atoms with Gasteiger partial charge in [-0.05, 0) is 70.6 Å². The summed E-state index contributed by atoms with van der Waals surface area (Å²) in [6.07, 6.45) is 46.2. The Morgan fingerprint density at radius 1 is 0.447 bits per heavy atom. The van der Waals surface area contributed by atoms with Crippen LogP contribution >= 0.6 is 0 Å². The topological polar surface area (TPSA) is 26.3 Å². The minimum Gasteiger partial charge on any atom is -0.466 e. The van der Waals surface area contributed by atoms with E-state index in [2.05, 4.69) is 50.3 Å². The highest BCUT2D eigenvalue weighted by atomic mass is 16.5. The van der Waals surface area contributed by atoms with Gasteiger partial charge in [0.2, 0.25) is 0 Å². The van der Waals surface area contributed by atoms with Crippen LogP contribution in [0.1, 0.15) is 181 Å². The molecule has 0 aliphatic rings. The minimum absolute atomic E-state index is 0.00317. The van der Waals surface area contributed by atoms with Gasteiger partial charge in [0, 0.05) is 6.42 Å². The molecule has 0 aliphatic heterocycles. The van der Waals surface area contributed by atoms with E-state index in [9.17, 15) is 4.79 Å². The van der Waals surface area contributed by atoms with Crippen molar-refractivity contribution in [3.8, 4) is 0 Å². The summed E-state index contributed by atoms with van der Waals surface area (Å²) in [7, 11) is 0. The van der Waals surface area contributed by atoms with E-state index in [0.717, 1.165) is 25.7 Å². The number of ether oxygens (including phenoxy) is 1. The van der Waals surface area contributed by atoms with Gasteiger partial charge < -0.3 is 4.74 Å². The number of hydrogen-bond donors (Lipinski definition) is 0. The number of allylic oxidation sites excluding steroid dienone is 6. The van der Waals surface area contributed by atoms with Gasteiger partial charge in [-0.1, -0.05) is 140 Å². The van der Waals surface area contributed by atoms with E-state index >= 15 is 0 Å². The SMILES string of the molecule is CCCCCC=CCC=CCCCCCCCC(=O)OCCCCCCCCC=CCCCCCCCC. The van der Waals surface area contributed by atoms with Crippen molar-refractivity contribution in [2.75, 3.05) is 6.61 Å². The molecule has 0 fully saturated rings. The van der Waals surface area contributed by atoms with Gasteiger partial charge in [0.15, 0.2) is 0 Å². The standard InChI is InChI=1S/C36H66O2/c1-3-5-7-9-11-13-15-17-19-21-23-25-27-29-31-33-35-38-36(37)34-32-30-28-26-24-22-20-18-16-14-12-10-8-6-4-2/h12,14,17-20H,3-11,13,15-16,21-35H2,1-2H3. The zero-order chi connectivity index (χ0) is 27.6. The molecule has 0 unspecified atom stereocenters. The van der Waals surface area contributed by atoms with Gasteiger partial charge in [-0.3, -0.25) is 4.79 Å². The lowest BCUT2D eigenvalue weighted by Gasteiger charge is -2.05. The van der Waals surface area contributed by atoms with Crippen molar-refractivity contribution in [3.63, 3.8) is 0 Å². The Hall–Kier alpha value is -1.31. The van der Waals surface area contributed by atoms with E-state index in [1.807, 2.05) is 0 Å². The molecule has 0 aliphatic carbocycles. The molecule has 0 aromatic rings. The molecule has 2 nitrogen and oxygen atoms in total. The number of unbranched alkanes of at least 4 members (excludes halogenated alkanes) is 20. The number of rotatable bonds is 30. The summed E-state index contributed by atoms with van der Waals surface area (Å²) in [5.41, 5.74) is 0. The lowest BCUT2D eigenvalue weighted by Crippen LogP contribution is -2.05. The Kier molecular flexibility index (Phi) is 32.6. The second kappa shape index (κ2) is 33.7. The molecule has 0 atom stereocenters. The molecular formula is C36H66O2. The fourth-order valence-corrected chi connectivity index (χ4v) is 4.69. The summed E-state index contributed by atoms with van der Waals surface area (Å²) in [5, 5.41) is 0. The molecule has 0 aromatic carbocycles. The van der Waals surface area contributed by atoms with E-state index in [0.29, 0.717) is 13.0 Å². The maximum absolute atomic E-state index is 11.9. The van der Waals surface area contributed by atoms with Crippen molar-refractivity contribution in [1.82, 2.24) is 0 Å². The summed E-state index contributed by atoms with van der Waals surface area (Å²) in [6, 6.07) is 0. The average Bonchev–Trinajstić information content (AvgIpc) is 2.92. The molecule has 0 amide bonds. The number of esters is 1. The van der Waals surface area contributed by atoms with Crippen LogP contribution in [0.25, 0.3) is 0 Å². The van der Waals surface area contributed by atoms with Crippen LogP contribution in [0, 0.1) is 0 Å². The van der Waals surface area contributed by atoms with Crippen molar-refractivity contribution < 1.29 is 9.53 Å². The van der Waals surface area contributed by atoms with Crippen LogP contribution in [0.3, 0.4) is 0 Å². The van der Waals surface area contributed by atoms with Crippen LogP contribution in [0.5, 0.6) is 0 Å². The first kappa shape index (κ1) is 36.7. The minimum atomic E-state index is 0.00317. The third-order valence-corrected chi connectivity index (χ3v) is 7.25. The normalized spacial score (nSPS) is 11.9. The zero-order valence-electron chi connectivity index (χ0n) is 25.9. The van der Waals surface area contributed by atoms with Gasteiger partial charge >= 0.3 is 5.97 Å². The van der Waals surface area contributed by atoms with Gasteiger partial charge in [-0.25, -0.2) is 0 Å². The largest absolute Gasteiger partial charge is 0.466 e. The van der Waals surface area contributed by atoms with Crippen LogP contribution in [0.2, 0.25) is 0 Å². The van der Waals surface area contributed by atoms with E-state index < -0.39 is 0 Å². The Bertz CT molecular complexity index is 546. The molecule has 0 heterocycles. The highest BCUT2D eigenvalue weighted by Crippen LogP contribution is 2.11. The maximum atomic E-state index is 11.9. The zero-order valence-corrected chi connectivity index (χ0v) is 25.9. The summed E-state index contributed by atoms with van der Waals surface area (Å²) >= 11 is 0. The van der Waals surface area contributed by atoms with Crippen molar-refractivity contribution >= 4 is 5.97 Å². The third kappa shape index (κ3) is 32.7. The van der Waals surface area contributed by atoms with Crippen molar-refractivity contribution in [1.29, 1.82) is 0 Å². The Morgan fingerprint density at radius 3 is 1.34 bits per heavy atom. The molecule has 0 rings (SSSR count). The lowest BCUT2D eigenvalue weighted by atomic mass is 10.1. The monoisotopic (exact) mass is 531 g/mol. The summed E-state index contributed by atoms with van der Waals surface area (Å²) < 4.78 is 5.42. The Labute approximate surface area is 239 Å². The van der Waals surface area contributed by atoms with E-state index in [1.54, 1.807) is 0 Å². The molecule has 0 saturated heterocycles. The molecule has 0 bridgehead atoms. The van der Waals surface area contributed by atoms with Crippen LogP contribution in [-0.4, -0.2) is 12.6 Å².